The number of benzene rings is 4. The van der Waals surface area contributed by atoms with Crippen LogP contribution in [0.3, 0.4) is 0 Å². The van der Waals surface area contributed by atoms with E-state index < -0.39 is 16.7 Å². The molecule has 9 heteroatoms. The number of ketones is 2. The highest BCUT2D eigenvalue weighted by atomic mass is 16.7. The molecular weight excluding hydrogens is 522 g/mol. The fourth-order valence-electron chi connectivity index (χ4n) is 4.92. The Kier molecular flexibility index (Phi) is 7.26. The summed E-state index contributed by atoms with van der Waals surface area (Å²) in [5.74, 6) is -1.35. The Hall–Kier alpha value is -5.44. The van der Waals surface area contributed by atoms with Gasteiger partial charge in [0.25, 0.3) is 5.69 Å². The summed E-state index contributed by atoms with van der Waals surface area (Å²) in [5, 5.41) is 16.5. The standard InChI is InChI=1S/C32H25N3O6/c1-4-34-28-15-11-22(31(37)25-8-6-5-7-19(25)2)17-26(28)27-18-23(12-16-29(27)34)32(38)30(33-41-20(3)36)21-9-13-24(14-10-21)35(39)40/h5-18H,4H2,1-3H3/b33-30+. The fourth-order valence-corrected chi connectivity index (χ4v) is 4.92. The number of carbonyl (C=O) groups is 3. The van der Waals surface area contributed by atoms with Gasteiger partial charge in [0.15, 0.2) is 11.5 Å². The van der Waals surface area contributed by atoms with Gasteiger partial charge in [0.2, 0.25) is 5.78 Å². The van der Waals surface area contributed by atoms with E-state index in [1.165, 1.54) is 24.3 Å². The van der Waals surface area contributed by atoms with Gasteiger partial charge in [-0.3, -0.25) is 19.7 Å². The highest BCUT2D eigenvalue weighted by Crippen LogP contribution is 2.32. The lowest BCUT2D eigenvalue weighted by molar-refractivity contribution is -0.384. The van der Waals surface area contributed by atoms with Crippen molar-refractivity contribution in [1.82, 2.24) is 4.57 Å². The summed E-state index contributed by atoms with van der Waals surface area (Å²) >= 11 is 0. The predicted octanol–water partition coefficient (Wildman–Crippen LogP) is 6.41. The van der Waals surface area contributed by atoms with Crippen molar-refractivity contribution in [2.45, 2.75) is 27.3 Å². The molecule has 0 aliphatic carbocycles. The van der Waals surface area contributed by atoms with Crippen molar-refractivity contribution >= 4 is 50.7 Å². The number of aromatic nitrogens is 1. The van der Waals surface area contributed by atoms with Gasteiger partial charge in [0.05, 0.1) is 4.92 Å². The Morgan fingerprint density at radius 2 is 1.44 bits per heavy atom. The van der Waals surface area contributed by atoms with Crippen LogP contribution >= 0.6 is 0 Å². The Balaban J connectivity index is 1.63. The predicted molar refractivity (Wildman–Crippen MR) is 155 cm³/mol. The molecule has 0 saturated heterocycles. The van der Waals surface area contributed by atoms with Gasteiger partial charge < -0.3 is 9.40 Å². The number of oxime groups is 1. The second kappa shape index (κ2) is 11.0. The lowest BCUT2D eigenvalue weighted by Gasteiger charge is -2.07. The second-order valence-electron chi connectivity index (χ2n) is 9.51. The summed E-state index contributed by atoms with van der Waals surface area (Å²) in [6, 6.07) is 23.4. The van der Waals surface area contributed by atoms with E-state index in [9.17, 15) is 24.5 Å². The van der Waals surface area contributed by atoms with E-state index in [1.807, 2.05) is 56.3 Å². The van der Waals surface area contributed by atoms with Gasteiger partial charge in [0.1, 0.15) is 0 Å². The smallest absolute Gasteiger partial charge is 0.332 e. The van der Waals surface area contributed by atoms with Crippen molar-refractivity contribution < 1.29 is 24.1 Å². The summed E-state index contributed by atoms with van der Waals surface area (Å²) in [6.07, 6.45) is 0. The van der Waals surface area contributed by atoms with Crippen molar-refractivity contribution in [1.29, 1.82) is 0 Å². The second-order valence-corrected chi connectivity index (χ2v) is 9.51. The molecule has 1 heterocycles. The van der Waals surface area contributed by atoms with Gasteiger partial charge in [-0.1, -0.05) is 29.4 Å². The molecule has 5 rings (SSSR count). The van der Waals surface area contributed by atoms with E-state index in [1.54, 1.807) is 18.2 Å². The van der Waals surface area contributed by atoms with Crippen LogP contribution < -0.4 is 0 Å². The van der Waals surface area contributed by atoms with Crippen LogP contribution in [0.15, 0.2) is 90.1 Å². The molecule has 0 spiro atoms. The van der Waals surface area contributed by atoms with Gasteiger partial charge in [-0.15, -0.1) is 0 Å². The Morgan fingerprint density at radius 1 is 0.854 bits per heavy atom. The number of nitrogens with zero attached hydrogens (tertiary/aromatic N) is 3. The molecule has 204 valence electrons. The summed E-state index contributed by atoms with van der Waals surface area (Å²) < 4.78 is 2.10. The topological polar surface area (TPSA) is 121 Å². The van der Waals surface area contributed by atoms with Crippen molar-refractivity contribution in [2.75, 3.05) is 0 Å². The number of fused-ring (bicyclic) bond motifs is 3. The Bertz CT molecular complexity index is 1900. The highest BCUT2D eigenvalue weighted by Gasteiger charge is 2.22. The molecule has 0 aliphatic rings. The van der Waals surface area contributed by atoms with Crippen LogP contribution in [0.2, 0.25) is 0 Å². The molecule has 0 aliphatic heterocycles. The largest absolute Gasteiger partial charge is 0.341 e. The maximum Gasteiger partial charge on any atom is 0.332 e. The van der Waals surface area contributed by atoms with Crippen molar-refractivity contribution in [3.63, 3.8) is 0 Å². The summed E-state index contributed by atoms with van der Waals surface area (Å²) in [4.78, 5) is 53.9. The van der Waals surface area contributed by atoms with Crippen LogP contribution in [0.4, 0.5) is 5.69 Å². The summed E-state index contributed by atoms with van der Waals surface area (Å²) in [5.41, 5.74) is 4.02. The molecule has 5 aromatic rings. The fraction of sp³-hybridized carbons (Fsp3) is 0.125. The first-order chi connectivity index (χ1) is 19.7. The molecular formula is C32H25N3O6. The number of Topliss-reactive ketones (excluding diaryl/α,β-unsaturated/α-hetero) is 1. The van der Waals surface area contributed by atoms with Crippen LogP contribution in [0.1, 0.15) is 51.3 Å². The number of carbonyl (C=O) groups excluding carboxylic acids is 3. The third-order valence-corrected chi connectivity index (χ3v) is 6.93. The third kappa shape index (κ3) is 5.12. The van der Waals surface area contributed by atoms with E-state index in [2.05, 4.69) is 9.72 Å². The lowest BCUT2D eigenvalue weighted by Crippen LogP contribution is -2.17. The Labute approximate surface area is 234 Å². The van der Waals surface area contributed by atoms with Crippen LogP contribution in [0, 0.1) is 17.0 Å². The van der Waals surface area contributed by atoms with Gasteiger partial charge >= 0.3 is 5.97 Å². The first kappa shape index (κ1) is 27.1. The first-order valence-electron chi connectivity index (χ1n) is 12.9. The normalized spacial score (nSPS) is 11.5. The zero-order chi connectivity index (χ0) is 29.3. The van der Waals surface area contributed by atoms with Gasteiger partial charge in [-0.25, -0.2) is 4.79 Å². The zero-order valence-corrected chi connectivity index (χ0v) is 22.6. The Morgan fingerprint density at radius 3 is 2.02 bits per heavy atom. The maximum atomic E-state index is 13.7. The molecule has 0 unspecified atom stereocenters. The molecule has 0 bridgehead atoms. The number of hydrogen-bond acceptors (Lipinski definition) is 7. The number of non-ortho nitro benzene ring substituents is 1. The van der Waals surface area contributed by atoms with E-state index in [4.69, 9.17) is 4.84 Å². The summed E-state index contributed by atoms with van der Waals surface area (Å²) in [7, 11) is 0. The quantitative estimate of drug-likeness (QED) is 0.0727. The minimum Gasteiger partial charge on any atom is -0.341 e. The molecule has 0 N–H and O–H groups in total. The van der Waals surface area contributed by atoms with Gasteiger partial charge in [0, 0.05) is 69.7 Å². The van der Waals surface area contributed by atoms with Crippen molar-refractivity contribution in [2.24, 2.45) is 5.16 Å². The van der Waals surface area contributed by atoms with Gasteiger partial charge in [-0.2, -0.15) is 0 Å². The SMILES string of the molecule is CCn1c2ccc(C(=O)/C(=N/OC(C)=O)c3ccc([N+](=O)[O-])cc3)cc2c2cc(C(=O)c3ccccc3C)ccc21. The van der Waals surface area contributed by atoms with Crippen molar-refractivity contribution in [3.8, 4) is 0 Å². The van der Waals surface area contributed by atoms with E-state index in [0.717, 1.165) is 34.3 Å². The van der Waals surface area contributed by atoms with Crippen LogP contribution in [0.5, 0.6) is 0 Å². The number of aryl methyl sites for hydroxylation is 2. The number of rotatable bonds is 8. The maximum absolute atomic E-state index is 13.7. The van der Waals surface area contributed by atoms with E-state index in [-0.39, 0.29) is 28.3 Å². The number of nitro groups is 1. The minimum atomic E-state index is -0.718. The van der Waals surface area contributed by atoms with Crippen LogP contribution in [-0.4, -0.2) is 32.7 Å². The molecule has 9 nitrogen and oxygen atoms in total. The lowest BCUT2D eigenvalue weighted by atomic mass is 9.96. The molecule has 1 aromatic heterocycles. The molecule has 0 amide bonds. The molecule has 0 radical (unpaired) electrons. The highest BCUT2D eigenvalue weighted by molar-refractivity contribution is 6.51. The monoisotopic (exact) mass is 547 g/mol. The number of hydrogen-bond donors (Lipinski definition) is 0. The average Bonchev–Trinajstić information content (AvgIpc) is 3.29. The van der Waals surface area contributed by atoms with Gasteiger partial charge in [-0.05, 0) is 67.9 Å². The minimum absolute atomic E-state index is 0.0939. The molecule has 0 atom stereocenters. The number of nitro benzene ring substituents is 1. The third-order valence-electron chi connectivity index (χ3n) is 6.93. The van der Waals surface area contributed by atoms with E-state index >= 15 is 0 Å². The molecule has 41 heavy (non-hydrogen) atoms. The van der Waals surface area contributed by atoms with Crippen LogP contribution in [-0.2, 0) is 16.2 Å². The average molecular weight is 548 g/mol. The van der Waals surface area contributed by atoms with Crippen molar-refractivity contribution in [3.05, 3.63) is 123 Å². The first-order valence-corrected chi connectivity index (χ1v) is 12.9. The summed E-state index contributed by atoms with van der Waals surface area (Å²) in [6.45, 7) is 5.73. The molecule has 0 fully saturated rings. The van der Waals surface area contributed by atoms with E-state index in [0.29, 0.717) is 17.7 Å². The molecule has 4 aromatic carbocycles. The molecule has 0 saturated carbocycles. The van der Waals surface area contributed by atoms with Crippen LogP contribution in [0.25, 0.3) is 21.8 Å². The zero-order valence-electron chi connectivity index (χ0n) is 22.6.